The standard InChI is InChI=1S/C18H22N2O4S2/c1-2-24-16-9-4-3-8-15(16)19-18(21)14-7-5-11-20(13-14)26(22,23)17-10-6-12-25-17/h3-4,6,8-10,12,14H,2,5,7,11,13H2,1H3,(H,19,21)/t14-/m1/s1. The van der Waals surface area contributed by atoms with Crippen molar-refractivity contribution in [1.82, 2.24) is 4.31 Å². The highest BCUT2D eigenvalue weighted by molar-refractivity contribution is 7.91. The molecule has 1 saturated heterocycles. The van der Waals surface area contributed by atoms with Crippen molar-refractivity contribution in [2.45, 2.75) is 24.0 Å². The Hall–Kier alpha value is -1.90. The van der Waals surface area contributed by atoms with Gasteiger partial charge in [0.05, 0.1) is 18.2 Å². The predicted octanol–water partition coefficient (Wildman–Crippen LogP) is 3.19. The third-order valence-electron chi connectivity index (χ3n) is 4.29. The van der Waals surface area contributed by atoms with Crippen molar-refractivity contribution in [2.75, 3.05) is 25.0 Å². The fourth-order valence-corrected chi connectivity index (χ4v) is 5.67. The van der Waals surface area contributed by atoms with E-state index in [2.05, 4.69) is 5.32 Å². The minimum atomic E-state index is -3.53. The normalized spacial score (nSPS) is 18.4. The van der Waals surface area contributed by atoms with Gasteiger partial charge in [-0.15, -0.1) is 11.3 Å². The molecule has 1 amide bonds. The molecular formula is C18H22N2O4S2. The van der Waals surface area contributed by atoms with Gasteiger partial charge in [0.15, 0.2) is 0 Å². The van der Waals surface area contributed by atoms with Crippen molar-refractivity contribution in [1.29, 1.82) is 0 Å². The molecule has 2 heterocycles. The van der Waals surface area contributed by atoms with Gasteiger partial charge in [-0.2, -0.15) is 4.31 Å². The van der Waals surface area contributed by atoms with Crippen LogP contribution in [0.15, 0.2) is 46.0 Å². The van der Waals surface area contributed by atoms with Gasteiger partial charge < -0.3 is 10.1 Å². The Kier molecular flexibility index (Phi) is 5.95. The Morgan fingerprint density at radius 3 is 2.85 bits per heavy atom. The van der Waals surface area contributed by atoms with E-state index in [1.165, 1.54) is 15.6 Å². The monoisotopic (exact) mass is 394 g/mol. The molecular weight excluding hydrogens is 372 g/mol. The number of rotatable bonds is 6. The number of anilines is 1. The first-order valence-electron chi connectivity index (χ1n) is 8.58. The number of ether oxygens (including phenoxy) is 1. The van der Waals surface area contributed by atoms with Gasteiger partial charge in [-0.1, -0.05) is 18.2 Å². The number of benzene rings is 1. The summed E-state index contributed by atoms with van der Waals surface area (Å²) in [6, 6.07) is 10.6. The van der Waals surface area contributed by atoms with E-state index in [0.29, 0.717) is 41.6 Å². The molecule has 6 nitrogen and oxygen atoms in total. The average Bonchev–Trinajstić information content (AvgIpc) is 3.19. The number of para-hydroxylation sites is 2. The van der Waals surface area contributed by atoms with Crippen molar-refractivity contribution in [3.05, 3.63) is 41.8 Å². The first-order chi connectivity index (χ1) is 12.5. The van der Waals surface area contributed by atoms with E-state index in [4.69, 9.17) is 4.74 Å². The van der Waals surface area contributed by atoms with Crippen LogP contribution < -0.4 is 10.1 Å². The number of nitrogens with zero attached hydrogens (tertiary/aromatic N) is 1. The van der Waals surface area contributed by atoms with Crippen LogP contribution in [0.25, 0.3) is 0 Å². The summed E-state index contributed by atoms with van der Waals surface area (Å²) in [6.07, 6.45) is 1.33. The van der Waals surface area contributed by atoms with Crippen LogP contribution in [0.4, 0.5) is 5.69 Å². The van der Waals surface area contributed by atoms with E-state index in [1.54, 1.807) is 29.6 Å². The number of hydrogen-bond donors (Lipinski definition) is 1. The molecule has 1 aliphatic rings. The highest BCUT2D eigenvalue weighted by Crippen LogP contribution is 2.28. The Morgan fingerprint density at radius 1 is 1.31 bits per heavy atom. The summed E-state index contributed by atoms with van der Waals surface area (Å²) in [5.74, 6) is 0.0543. The Labute approximate surface area is 157 Å². The summed E-state index contributed by atoms with van der Waals surface area (Å²) in [4.78, 5) is 12.7. The molecule has 26 heavy (non-hydrogen) atoms. The molecule has 1 N–H and O–H groups in total. The van der Waals surface area contributed by atoms with Gasteiger partial charge in [0.25, 0.3) is 10.0 Å². The van der Waals surface area contributed by atoms with Crippen molar-refractivity contribution in [3.8, 4) is 5.75 Å². The molecule has 1 atom stereocenters. The molecule has 0 spiro atoms. The van der Waals surface area contributed by atoms with Crippen LogP contribution in [0.2, 0.25) is 0 Å². The third-order valence-corrected chi connectivity index (χ3v) is 7.53. The molecule has 140 valence electrons. The van der Waals surface area contributed by atoms with E-state index in [0.717, 1.165) is 0 Å². The van der Waals surface area contributed by atoms with Crippen LogP contribution in [-0.4, -0.2) is 38.3 Å². The zero-order valence-electron chi connectivity index (χ0n) is 14.6. The van der Waals surface area contributed by atoms with Crippen LogP contribution in [0.3, 0.4) is 0 Å². The van der Waals surface area contributed by atoms with Crippen molar-refractivity contribution in [2.24, 2.45) is 5.92 Å². The summed E-state index contributed by atoms with van der Waals surface area (Å²) < 4.78 is 32.7. The zero-order valence-corrected chi connectivity index (χ0v) is 16.2. The van der Waals surface area contributed by atoms with E-state index in [-0.39, 0.29) is 18.4 Å². The quantitative estimate of drug-likeness (QED) is 0.816. The maximum Gasteiger partial charge on any atom is 0.252 e. The lowest BCUT2D eigenvalue weighted by Crippen LogP contribution is -2.43. The van der Waals surface area contributed by atoms with Crippen molar-refractivity contribution < 1.29 is 17.9 Å². The minimum Gasteiger partial charge on any atom is -0.492 e. The number of amides is 1. The molecule has 1 fully saturated rings. The van der Waals surface area contributed by atoms with Gasteiger partial charge in [-0.25, -0.2) is 8.42 Å². The lowest BCUT2D eigenvalue weighted by Gasteiger charge is -2.30. The van der Waals surface area contributed by atoms with Gasteiger partial charge in [-0.3, -0.25) is 4.79 Å². The number of piperidine rings is 1. The first-order valence-corrected chi connectivity index (χ1v) is 10.9. The van der Waals surface area contributed by atoms with Crippen molar-refractivity contribution >= 4 is 33.0 Å². The largest absolute Gasteiger partial charge is 0.492 e. The molecule has 1 aromatic heterocycles. The van der Waals surface area contributed by atoms with Crippen LogP contribution in [-0.2, 0) is 14.8 Å². The molecule has 2 aromatic rings. The number of hydrogen-bond acceptors (Lipinski definition) is 5. The molecule has 0 saturated carbocycles. The number of thiophene rings is 1. The zero-order chi connectivity index (χ0) is 18.6. The second-order valence-electron chi connectivity index (χ2n) is 6.05. The van der Waals surface area contributed by atoms with Crippen LogP contribution in [0.5, 0.6) is 5.75 Å². The summed E-state index contributed by atoms with van der Waals surface area (Å²) in [5, 5.41) is 4.63. The van der Waals surface area contributed by atoms with Crippen molar-refractivity contribution in [3.63, 3.8) is 0 Å². The maximum absolute atomic E-state index is 12.7. The molecule has 0 radical (unpaired) electrons. The first kappa shape index (κ1) is 18.9. The van der Waals surface area contributed by atoms with Gasteiger partial charge in [0.1, 0.15) is 9.96 Å². The maximum atomic E-state index is 12.7. The topological polar surface area (TPSA) is 75.7 Å². The molecule has 3 rings (SSSR count). The SMILES string of the molecule is CCOc1ccccc1NC(=O)[C@@H]1CCCN(S(=O)(=O)c2cccs2)C1. The fraction of sp³-hybridized carbons (Fsp3) is 0.389. The highest BCUT2D eigenvalue weighted by atomic mass is 32.2. The Balaban J connectivity index is 1.71. The molecule has 0 bridgehead atoms. The van der Waals surface area contributed by atoms with Gasteiger partial charge >= 0.3 is 0 Å². The molecule has 8 heteroatoms. The van der Waals surface area contributed by atoms with Gasteiger partial charge in [-0.05, 0) is 43.3 Å². The van der Waals surface area contributed by atoms with Crippen LogP contribution in [0, 0.1) is 5.92 Å². The van der Waals surface area contributed by atoms with Crippen LogP contribution >= 0.6 is 11.3 Å². The van der Waals surface area contributed by atoms with E-state index < -0.39 is 10.0 Å². The summed E-state index contributed by atoms with van der Waals surface area (Å²) >= 11 is 1.20. The highest BCUT2D eigenvalue weighted by Gasteiger charge is 2.34. The average molecular weight is 395 g/mol. The smallest absolute Gasteiger partial charge is 0.252 e. The summed E-state index contributed by atoms with van der Waals surface area (Å²) in [5.41, 5.74) is 0.609. The van der Waals surface area contributed by atoms with Crippen LogP contribution in [0.1, 0.15) is 19.8 Å². The third kappa shape index (κ3) is 4.08. The summed E-state index contributed by atoms with van der Waals surface area (Å²) in [7, 11) is -3.53. The summed E-state index contributed by atoms with van der Waals surface area (Å²) in [6.45, 7) is 3.03. The minimum absolute atomic E-state index is 0.178. The van der Waals surface area contributed by atoms with E-state index in [1.807, 2.05) is 19.1 Å². The van der Waals surface area contributed by atoms with E-state index >= 15 is 0 Å². The molecule has 0 unspecified atom stereocenters. The lowest BCUT2D eigenvalue weighted by atomic mass is 9.98. The van der Waals surface area contributed by atoms with Gasteiger partial charge in [0.2, 0.25) is 5.91 Å². The molecule has 1 aromatic carbocycles. The fourth-order valence-electron chi connectivity index (χ4n) is 3.00. The number of carbonyl (C=O) groups is 1. The molecule has 1 aliphatic heterocycles. The second kappa shape index (κ2) is 8.20. The Morgan fingerprint density at radius 2 is 2.12 bits per heavy atom. The lowest BCUT2D eigenvalue weighted by molar-refractivity contribution is -0.120. The van der Waals surface area contributed by atoms with Gasteiger partial charge in [0, 0.05) is 13.1 Å². The Bertz CT molecular complexity index is 850. The predicted molar refractivity (Wildman–Crippen MR) is 102 cm³/mol. The number of carbonyl (C=O) groups excluding carboxylic acids is 1. The number of nitrogens with one attached hydrogen (secondary N) is 1. The second-order valence-corrected chi connectivity index (χ2v) is 9.17. The molecule has 0 aliphatic carbocycles. The van der Waals surface area contributed by atoms with E-state index in [9.17, 15) is 13.2 Å². The number of sulfonamides is 1.